The Balaban J connectivity index is 0.00000200. The van der Waals surface area contributed by atoms with E-state index in [2.05, 4.69) is 17.4 Å². The predicted molar refractivity (Wildman–Crippen MR) is 83.9 cm³/mol. The van der Waals surface area contributed by atoms with E-state index in [1.54, 1.807) is 7.11 Å². The Morgan fingerprint density at radius 2 is 1.48 bits per heavy atom. The Bertz CT molecular complexity index is 491. The van der Waals surface area contributed by atoms with Crippen molar-refractivity contribution in [3.8, 4) is 11.5 Å². The van der Waals surface area contributed by atoms with E-state index in [1.165, 1.54) is 5.56 Å². The molecule has 0 saturated carbocycles. The second kappa shape index (κ2) is 10.7. The van der Waals surface area contributed by atoms with Crippen LogP contribution in [-0.4, -0.2) is 31.2 Å². The minimum atomic E-state index is 0. The molecule has 0 radical (unpaired) electrons. The molecule has 0 aliphatic heterocycles. The number of rotatable bonds is 7. The van der Waals surface area contributed by atoms with Gasteiger partial charge in [-0.05, 0) is 17.7 Å². The molecule has 0 aliphatic rings. The molecule has 2 rings (SSSR count). The van der Waals surface area contributed by atoms with Gasteiger partial charge in [0.1, 0.15) is 6.61 Å². The first-order valence-corrected chi connectivity index (χ1v) is 6.40. The van der Waals surface area contributed by atoms with Gasteiger partial charge < -0.3 is 25.7 Å². The van der Waals surface area contributed by atoms with Crippen molar-refractivity contribution in [3.05, 3.63) is 60.2 Å². The molecular formula is C16H23NO4. The maximum Gasteiger partial charge on any atom is 0.161 e. The van der Waals surface area contributed by atoms with Gasteiger partial charge in [-0.2, -0.15) is 0 Å². The van der Waals surface area contributed by atoms with E-state index in [4.69, 9.17) is 9.47 Å². The first kappa shape index (κ1) is 18.9. The van der Waals surface area contributed by atoms with Crippen LogP contribution in [0.25, 0.3) is 0 Å². The average Bonchev–Trinajstić information content (AvgIpc) is 2.48. The minimum Gasteiger partial charge on any atom is -0.493 e. The first-order valence-electron chi connectivity index (χ1n) is 6.40. The molecule has 0 bridgehead atoms. The fraction of sp³-hybridized carbons (Fsp3) is 0.250. The van der Waals surface area contributed by atoms with Gasteiger partial charge in [-0.1, -0.05) is 42.5 Å². The summed E-state index contributed by atoms with van der Waals surface area (Å²) in [6.45, 7) is 2.27. The molecule has 0 heterocycles. The van der Waals surface area contributed by atoms with Crippen LogP contribution in [0.15, 0.2) is 54.6 Å². The average molecular weight is 293 g/mol. The molecule has 2 aromatic carbocycles. The van der Waals surface area contributed by atoms with Crippen LogP contribution in [0.2, 0.25) is 0 Å². The van der Waals surface area contributed by atoms with Gasteiger partial charge in [0.15, 0.2) is 11.5 Å². The van der Waals surface area contributed by atoms with E-state index < -0.39 is 0 Å². The van der Waals surface area contributed by atoms with E-state index >= 15 is 0 Å². The van der Waals surface area contributed by atoms with Gasteiger partial charge >= 0.3 is 0 Å². The van der Waals surface area contributed by atoms with Crippen LogP contribution < -0.4 is 14.8 Å². The molecule has 0 amide bonds. The molecule has 5 N–H and O–H groups in total. The summed E-state index contributed by atoms with van der Waals surface area (Å²) in [7, 11) is 1.65. The third-order valence-corrected chi connectivity index (χ3v) is 2.78. The Labute approximate surface area is 125 Å². The highest BCUT2D eigenvalue weighted by molar-refractivity contribution is 5.39. The molecular weight excluding hydrogens is 270 g/mol. The van der Waals surface area contributed by atoms with Crippen LogP contribution in [0, 0.1) is 0 Å². The lowest BCUT2D eigenvalue weighted by Crippen LogP contribution is -2.20. The van der Waals surface area contributed by atoms with Gasteiger partial charge in [0, 0.05) is 13.1 Å². The quantitative estimate of drug-likeness (QED) is 0.778. The molecule has 0 spiro atoms. The van der Waals surface area contributed by atoms with Gasteiger partial charge in [-0.15, -0.1) is 0 Å². The Morgan fingerprint density at radius 1 is 0.857 bits per heavy atom. The van der Waals surface area contributed by atoms with E-state index in [1.807, 2.05) is 42.5 Å². The predicted octanol–water partition coefficient (Wildman–Crippen LogP) is 1.21. The third-order valence-electron chi connectivity index (χ3n) is 2.78. The number of nitrogens with one attached hydrogen (secondary N) is 1. The molecule has 2 aromatic rings. The number of methoxy groups -OCH3 is 1. The highest BCUT2D eigenvalue weighted by Crippen LogP contribution is 2.25. The molecule has 0 fully saturated rings. The lowest BCUT2D eigenvalue weighted by atomic mass is 10.2. The summed E-state index contributed by atoms with van der Waals surface area (Å²) < 4.78 is 10.9. The fourth-order valence-corrected chi connectivity index (χ4v) is 1.80. The van der Waals surface area contributed by atoms with Gasteiger partial charge in [0.2, 0.25) is 0 Å². The van der Waals surface area contributed by atoms with E-state index in [-0.39, 0.29) is 11.0 Å². The Morgan fingerprint density at radius 3 is 2.14 bits per heavy atom. The van der Waals surface area contributed by atoms with Crippen molar-refractivity contribution in [2.24, 2.45) is 0 Å². The van der Waals surface area contributed by atoms with Crippen LogP contribution in [0.5, 0.6) is 11.5 Å². The zero-order valence-electron chi connectivity index (χ0n) is 12.1. The number of ether oxygens (including phenoxy) is 2. The molecule has 5 heteroatoms. The smallest absolute Gasteiger partial charge is 0.161 e. The lowest BCUT2D eigenvalue weighted by Gasteiger charge is -2.10. The summed E-state index contributed by atoms with van der Waals surface area (Å²) in [6.07, 6.45) is 0. The SMILES string of the molecule is COc1ccccc1OCCNCc1ccccc1.O.O. The largest absolute Gasteiger partial charge is 0.493 e. The van der Waals surface area contributed by atoms with Crippen molar-refractivity contribution in [2.45, 2.75) is 6.54 Å². The monoisotopic (exact) mass is 293 g/mol. The van der Waals surface area contributed by atoms with E-state index in [9.17, 15) is 0 Å². The molecule has 21 heavy (non-hydrogen) atoms. The molecule has 0 atom stereocenters. The second-order valence-electron chi connectivity index (χ2n) is 4.16. The van der Waals surface area contributed by atoms with Gasteiger partial charge in [0.05, 0.1) is 7.11 Å². The van der Waals surface area contributed by atoms with Gasteiger partial charge in [0.25, 0.3) is 0 Å². The van der Waals surface area contributed by atoms with E-state index in [0.29, 0.717) is 6.61 Å². The topological polar surface area (TPSA) is 93.5 Å². The lowest BCUT2D eigenvalue weighted by molar-refractivity contribution is 0.292. The highest BCUT2D eigenvalue weighted by Gasteiger charge is 2.01. The summed E-state index contributed by atoms with van der Waals surface area (Å²) >= 11 is 0. The highest BCUT2D eigenvalue weighted by atomic mass is 16.5. The van der Waals surface area contributed by atoms with Crippen LogP contribution in [0.1, 0.15) is 5.56 Å². The van der Waals surface area contributed by atoms with Gasteiger partial charge in [-0.3, -0.25) is 0 Å². The fourth-order valence-electron chi connectivity index (χ4n) is 1.80. The van der Waals surface area contributed by atoms with Crippen molar-refractivity contribution in [1.82, 2.24) is 5.32 Å². The molecule has 0 aromatic heterocycles. The molecule has 116 valence electrons. The summed E-state index contributed by atoms with van der Waals surface area (Å²) in [6, 6.07) is 18.0. The van der Waals surface area contributed by atoms with Crippen molar-refractivity contribution < 1.29 is 20.4 Å². The number of hydrogen-bond acceptors (Lipinski definition) is 3. The Kier molecular flexibility index (Phi) is 9.62. The van der Waals surface area contributed by atoms with Crippen molar-refractivity contribution >= 4 is 0 Å². The standard InChI is InChI=1S/C16H19NO2.2H2O/c1-18-15-9-5-6-10-16(15)19-12-11-17-13-14-7-3-2-4-8-14;;/h2-10,17H,11-13H2,1H3;2*1H2. The van der Waals surface area contributed by atoms with Gasteiger partial charge in [-0.25, -0.2) is 0 Å². The molecule has 0 unspecified atom stereocenters. The molecule has 0 saturated heterocycles. The maximum absolute atomic E-state index is 5.68. The first-order chi connectivity index (χ1) is 9.40. The van der Waals surface area contributed by atoms with Crippen LogP contribution in [0.4, 0.5) is 0 Å². The Hall–Kier alpha value is -2.08. The van der Waals surface area contributed by atoms with Crippen molar-refractivity contribution in [2.75, 3.05) is 20.3 Å². The third kappa shape index (κ3) is 6.27. The normalized spacial score (nSPS) is 9.19. The summed E-state index contributed by atoms with van der Waals surface area (Å²) in [5, 5.41) is 3.34. The number of benzene rings is 2. The van der Waals surface area contributed by atoms with Crippen LogP contribution >= 0.6 is 0 Å². The minimum absolute atomic E-state index is 0. The van der Waals surface area contributed by atoms with Crippen molar-refractivity contribution in [1.29, 1.82) is 0 Å². The second-order valence-corrected chi connectivity index (χ2v) is 4.16. The maximum atomic E-state index is 5.68. The molecule has 0 aliphatic carbocycles. The summed E-state index contributed by atoms with van der Waals surface area (Å²) in [5.74, 6) is 1.55. The van der Waals surface area contributed by atoms with Crippen LogP contribution in [0.3, 0.4) is 0 Å². The van der Waals surface area contributed by atoms with Crippen molar-refractivity contribution in [3.63, 3.8) is 0 Å². The summed E-state index contributed by atoms with van der Waals surface area (Å²) in [5.41, 5.74) is 1.28. The zero-order chi connectivity index (χ0) is 13.3. The zero-order valence-corrected chi connectivity index (χ0v) is 12.1. The summed E-state index contributed by atoms with van der Waals surface area (Å²) in [4.78, 5) is 0. The number of hydrogen-bond donors (Lipinski definition) is 1. The molecule has 5 nitrogen and oxygen atoms in total. The number of para-hydroxylation sites is 2. The van der Waals surface area contributed by atoms with E-state index in [0.717, 1.165) is 24.6 Å². The van der Waals surface area contributed by atoms with Crippen LogP contribution in [-0.2, 0) is 6.54 Å².